The van der Waals surface area contributed by atoms with Gasteiger partial charge in [0.05, 0.1) is 0 Å². The smallest absolute Gasteiger partial charge is 0.211 e. The van der Waals surface area contributed by atoms with Gasteiger partial charge in [-0.2, -0.15) is 0 Å². The lowest BCUT2D eigenvalue weighted by Crippen LogP contribution is -1.92. The minimum absolute atomic E-state index is 0.0761. The SMILES string of the molecule is CC(C)CCCCC(F)F. The van der Waals surface area contributed by atoms with E-state index in [1.54, 1.807) is 0 Å². The van der Waals surface area contributed by atoms with E-state index in [2.05, 4.69) is 13.8 Å². The van der Waals surface area contributed by atoms with Gasteiger partial charge < -0.3 is 0 Å². The van der Waals surface area contributed by atoms with Crippen LogP contribution in [0.15, 0.2) is 0 Å². The van der Waals surface area contributed by atoms with E-state index < -0.39 is 6.43 Å². The third-order valence-corrected chi connectivity index (χ3v) is 1.45. The third kappa shape index (κ3) is 7.86. The molecule has 0 radical (unpaired) electrons. The normalized spacial score (nSPS) is 11.4. The maximum atomic E-state index is 11.6. The Balaban J connectivity index is 2.91. The second-order valence-electron chi connectivity index (χ2n) is 3.07. The van der Waals surface area contributed by atoms with Gasteiger partial charge >= 0.3 is 0 Å². The highest BCUT2D eigenvalue weighted by molar-refractivity contribution is 4.47. The number of alkyl halides is 2. The molecule has 0 aliphatic rings. The van der Waals surface area contributed by atoms with Gasteiger partial charge in [-0.25, -0.2) is 8.78 Å². The van der Waals surface area contributed by atoms with Gasteiger partial charge in [0.1, 0.15) is 0 Å². The van der Waals surface area contributed by atoms with Crippen LogP contribution in [0.25, 0.3) is 0 Å². The molecule has 0 aliphatic heterocycles. The molecule has 62 valence electrons. The summed E-state index contributed by atoms with van der Waals surface area (Å²) in [7, 11) is 0. The first-order chi connectivity index (χ1) is 4.63. The second-order valence-corrected chi connectivity index (χ2v) is 3.07. The summed E-state index contributed by atoms with van der Waals surface area (Å²) >= 11 is 0. The van der Waals surface area contributed by atoms with E-state index >= 15 is 0 Å². The Hall–Kier alpha value is -0.140. The molecule has 0 unspecified atom stereocenters. The number of hydrogen-bond acceptors (Lipinski definition) is 0. The Morgan fingerprint density at radius 2 is 1.50 bits per heavy atom. The van der Waals surface area contributed by atoms with Crippen LogP contribution in [0.2, 0.25) is 0 Å². The molecule has 0 aromatic carbocycles. The maximum Gasteiger partial charge on any atom is 0.238 e. The van der Waals surface area contributed by atoms with E-state index in [4.69, 9.17) is 0 Å². The monoisotopic (exact) mass is 150 g/mol. The number of halogens is 2. The molecule has 0 bridgehead atoms. The number of unbranched alkanes of at least 4 members (excludes halogenated alkanes) is 1. The van der Waals surface area contributed by atoms with Crippen LogP contribution in [-0.2, 0) is 0 Å². The Kier molecular flexibility index (Phi) is 5.55. The summed E-state index contributed by atoms with van der Waals surface area (Å²) in [5, 5.41) is 0. The van der Waals surface area contributed by atoms with Crippen molar-refractivity contribution in [1.29, 1.82) is 0 Å². The minimum Gasteiger partial charge on any atom is -0.211 e. The van der Waals surface area contributed by atoms with E-state index in [0.717, 1.165) is 12.8 Å². The first-order valence-electron chi connectivity index (χ1n) is 3.91. The molecule has 0 rings (SSSR count). The molecule has 0 amide bonds. The zero-order valence-corrected chi connectivity index (χ0v) is 6.74. The molecular weight excluding hydrogens is 134 g/mol. The first-order valence-corrected chi connectivity index (χ1v) is 3.91. The first kappa shape index (κ1) is 9.86. The lowest BCUT2D eigenvalue weighted by Gasteiger charge is -2.02. The van der Waals surface area contributed by atoms with Crippen molar-refractivity contribution < 1.29 is 8.78 Å². The summed E-state index contributed by atoms with van der Waals surface area (Å²) < 4.78 is 23.1. The molecule has 0 saturated heterocycles. The van der Waals surface area contributed by atoms with Crippen LogP contribution in [0.5, 0.6) is 0 Å². The Labute approximate surface area is 61.6 Å². The average Bonchev–Trinajstić information content (AvgIpc) is 1.79. The van der Waals surface area contributed by atoms with E-state index in [9.17, 15) is 8.78 Å². The molecular formula is C8H16F2. The number of hydrogen-bond donors (Lipinski definition) is 0. The fraction of sp³-hybridized carbons (Fsp3) is 1.00. The van der Waals surface area contributed by atoms with Gasteiger partial charge in [0, 0.05) is 6.42 Å². The third-order valence-electron chi connectivity index (χ3n) is 1.45. The molecule has 0 fully saturated rings. The van der Waals surface area contributed by atoms with Crippen LogP contribution in [0.3, 0.4) is 0 Å². The minimum atomic E-state index is -2.10. The van der Waals surface area contributed by atoms with Gasteiger partial charge in [-0.1, -0.05) is 26.7 Å². The van der Waals surface area contributed by atoms with Crippen LogP contribution in [0, 0.1) is 5.92 Å². The fourth-order valence-electron chi connectivity index (χ4n) is 0.851. The maximum absolute atomic E-state index is 11.6. The van der Waals surface area contributed by atoms with E-state index in [-0.39, 0.29) is 6.42 Å². The van der Waals surface area contributed by atoms with Crippen molar-refractivity contribution >= 4 is 0 Å². The van der Waals surface area contributed by atoms with Crippen LogP contribution < -0.4 is 0 Å². The predicted molar refractivity (Wildman–Crippen MR) is 39.3 cm³/mol. The summed E-state index contributed by atoms with van der Waals surface area (Å²) in [4.78, 5) is 0. The molecule has 0 aromatic heterocycles. The predicted octanol–water partition coefficient (Wildman–Crippen LogP) is 3.47. The summed E-state index contributed by atoms with van der Waals surface area (Å²) in [5.41, 5.74) is 0. The summed E-state index contributed by atoms with van der Waals surface area (Å²) in [5.74, 6) is 0.651. The Bertz CT molecular complexity index is 59.7. The highest BCUT2D eigenvalue weighted by Crippen LogP contribution is 2.11. The zero-order valence-electron chi connectivity index (χ0n) is 6.74. The summed E-state index contributed by atoms with van der Waals surface area (Å²) in [6.45, 7) is 4.23. The molecule has 0 aliphatic carbocycles. The van der Waals surface area contributed by atoms with Crippen LogP contribution in [-0.4, -0.2) is 6.43 Å². The van der Waals surface area contributed by atoms with Gasteiger partial charge in [0.15, 0.2) is 0 Å². The van der Waals surface area contributed by atoms with Crippen molar-refractivity contribution in [2.24, 2.45) is 5.92 Å². The second kappa shape index (κ2) is 5.63. The number of rotatable bonds is 5. The molecule has 2 heteroatoms. The van der Waals surface area contributed by atoms with Gasteiger partial charge in [-0.3, -0.25) is 0 Å². The van der Waals surface area contributed by atoms with E-state index in [0.29, 0.717) is 12.3 Å². The van der Waals surface area contributed by atoms with Crippen molar-refractivity contribution in [3.63, 3.8) is 0 Å². The quantitative estimate of drug-likeness (QED) is 0.526. The Morgan fingerprint density at radius 1 is 1.00 bits per heavy atom. The van der Waals surface area contributed by atoms with Crippen LogP contribution >= 0.6 is 0 Å². The molecule has 10 heavy (non-hydrogen) atoms. The molecule has 0 spiro atoms. The largest absolute Gasteiger partial charge is 0.238 e. The van der Waals surface area contributed by atoms with Gasteiger partial charge in [-0.15, -0.1) is 0 Å². The van der Waals surface area contributed by atoms with E-state index in [1.807, 2.05) is 0 Å². The topological polar surface area (TPSA) is 0 Å². The van der Waals surface area contributed by atoms with Crippen molar-refractivity contribution in [3.8, 4) is 0 Å². The van der Waals surface area contributed by atoms with Crippen LogP contribution in [0.1, 0.15) is 39.5 Å². The molecule has 0 heterocycles. The van der Waals surface area contributed by atoms with Gasteiger partial charge in [0.25, 0.3) is 0 Å². The van der Waals surface area contributed by atoms with Gasteiger partial charge in [0.2, 0.25) is 6.43 Å². The van der Waals surface area contributed by atoms with Crippen molar-refractivity contribution in [3.05, 3.63) is 0 Å². The summed E-state index contributed by atoms with van der Waals surface area (Å²) in [6, 6.07) is 0. The van der Waals surface area contributed by atoms with Crippen LogP contribution in [0.4, 0.5) is 8.78 Å². The van der Waals surface area contributed by atoms with Crippen molar-refractivity contribution in [2.75, 3.05) is 0 Å². The molecule has 0 aromatic rings. The fourth-order valence-corrected chi connectivity index (χ4v) is 0.851. The molecule has 0 N–H and O–H groups in total. The zero-order chi connectivity index (χ0) is 7.98. The average molecular weight is 150 g/mol. The standard InChI is InChI=1S/C8H16F2/c1-7(2)5-3-4-6-8(9)10/h7-8H,3-6H2,1-2H3. The summed E-state index contributed by atoms with van der Waals surface area (Å²) in [6.07, 6.45) is 0.671. The highest BCUT2D eigenvalue weighted by atomic mass is 19.3. The van der Waals surface area contributed by atoms with Crippen molar-refractivity contribution in [2.45, 2.75) is 46.0 Å². The molecule has 0 nitrogen and oxygen atoms in total. The molecule has 0 atom stereocenters. The van der Waals surface area contributed by atoms with Gasteiger partial charge in [-0.05, 0) is 12.3 Å². The highest BCUT2D eigenvalue weighted by Gasteiger charge is 2.01. The Morgan fingerprint density at radius 3 is 1.90 bits per heavy atom. The van der Waals surface area contributed by atoms with E-state index in [1.165, 1.54) is 0 Å². The van der Waals surface area contributed by atoms with Crippen molar-refractivity contribution in [1.82, 2.24) is 0 Å². The lowest BCUT2D eigenvalue weighted by atomic mass is 10.1. The lowest BCUT2D eigenvalue weighted by molar-refractivity contribution is 0.133. The molecule has 0 saturated carbocycles.